The SMILES string of the molecule is CCC1(OC(=O)C2CC3C=CC2C3=O)C2CC3CC(C2)CC1C3. The van der Waals surface area contributed by atoms with Gasteiger partial charge in [-0.25, -0.2) is 0 Å². The van der Waals surface area contributed by atoms with E-state index in [1.54, 1.807) is 0 Å². The van der Waals surface area contributed by atoms with Crippen LogP contribution in [0.4, 0.5) is 0 Å². The van der Waals surface area contributed by atoms with E-state index in [2.05, 4.69) is 6.92 Å². The minimum Gasteiger partial charge on any atom is -0.458 e. The highest BCUT2D eigenvalue weighted by molar-refractivity contribution is 5.96. The number of Topliss-reactive ketones (excluding diaryl/α,β-unsaturated/α-hetero) is 1. The Morgan fingerprint density at radius 3 is 2.22 bits per heavy atom. The molecule has 0 heterocycles. The van der Waals surface area contributed by atoms with E-state index in [1.807, 2.05) is 12.2 Å². The lowest BCUT2D eigenvalue weighted by atomic mass is 9.49. The van der Waals surface area contributed by atoms with Crippen molar-refractivity contribution in [1.29, 1.82) is 0 Å². The topological polar surface area (TPSA) is 43.4 Å². The first kappa shape index (κ1) is 14.2. The van der Waals surface area contributed by atoms with Gasteiger partial charge in [-0.2, -0.15) is 0 Å². The van der Waals surface area contributed by atoms with Crippen LogP contribution < -0.4 is 0 Å². The molecule has 3 atom stereocenters. The van der Waals surface area contributed by atoms with Crippen LogP contribution in [0.2, 0.25) is 0 Å². The van der Waals surface area contributed by atoms with Gasteiger partial charge in [-0.05, 0) is 68.6 Å². The van der Waals surface area contributed by atoms with E-state index in [4.69, 9.17) is 4.74 Å². The smallest absolute Gasteiger partial charge is 0.310 e. The second-order valence-electron chi connectivity index (χ2n) is 8.80. The molecule has 124 valence electrons. The van der Waals surface area contributed by atoms with Gasteiger partial charge in [0.1, 0.15) is 11.4 Å². The van der Waals surface area contributed by atoms with E-state index in [-0.39, 0.29) is 35.1 Å². The maximum absolute atomic E-state index is 12.9. The first-order chi connectivity index (χ1) is 11.1. The van der Waals surface area contributed by atoms with E-state index in [0.29, 0.717) is 18.3 Å². The summed E-state index contributed by atoms with van der Waals surface area (Å²) >= 11 is 0. The van der Waals surface area contributed by atoms with Crippen molar-refractivity contribution in [3.8, 4) is 0 Å². The second kappa shape index (κ2) is 4.70. The van der Waals surface area contributed by atoms with Gasteiger partial charge in [0.15, 0.2) is 0 Å². The van der Waals surface area contributed by atoms with Gasteiger partial charge in [0.2, 0.25) is 0 Å². The molecule has 6 aliphatic carbocycles. The zero-order valence-corrected chi connectivity index (χ0v) is 13.9. The van der Waals surface area contributed by atoms with Gasteiger partial charge in [-0.15, -0.1) is 0 Å². The zero-order chi connectivity index (χ0) is 15.8. The first-order valence-corrected chi connectivity index (χ1v) is 9.55. The number of esters is 1. The third kappa shape index (κ3) is 1.82. The molecule has 0 aromatic heterocycles. The van der Waals surface area contributed by atoms with Crippen LogP contribution in [0.3, 0.4) is 0 Å². The molecule has 6 aliphatic rings. The average molecular weight is 314 g/mol. The van der Waals surface area contributed by atoms with Crippen LogP contribution in [0.1, 0.15) is 51.9 Å². The van der Waals surface area contributed by atoms with E-state index >= 15 is 0 Å². The van der Waals surface area contributed by atoms with Crippen molar-refractivity contribution in [3.63, 3.8) is 0 Å². The Morgan fingerprint density at radius 1 is 1.09 bits per heavy atom. The fourth-order valence-corrected chi connectivity index (χ4v) is 6.94. The lowest BCUT2D eigenvalue weighted by molar-refractivity contribution is -0.215. The molecule has 0 aliphatic heterocycles. The largest absolute Gasteiger partial charge is 0.458 e. The molecule has 6 rings (SSSR count). The normalized spacial score (nSPS) is 52.4. The van der Waals surface area contributed by atoms with Gasteiger partial charge < -0.3 is 4.74 Å². The standard InChI is InChI=1S/C20H26O3/c1-2-20(14-6-11-5-12(8-14)9-15(20)7-11)23-19(22)17-10-13-3-4-16(17)18(13)21/h3-4,11-17H,2,5-10H2,1H3. The molecule has 0 radical (unpaired) electrons. The molecule has 3 nitrogen and oxygen atoms in total. The number of carbonyl (C=O) groups excluding carboxylic acids is 2. The fourth-order valence-electron chi connectivity index (χ4n) is 6.94. The molecule has 0 N–H and O–H groups in total. The summed E-state index contributed by atoms with van der Waals surface area (Å²) in [4.78, 5) is 25.0. The average Bonchev–Trinajstić information content (AvgIpc) is 3.05. The molecule has 0 aromatic carbocycles. The predicted molar refractivity (Wildman–Crippen MR) is 85.4 cm³/mol. The minimum atomic E-state index is -0.223. The summed E-state index contributed by atoms with van der Waals surface area (Å²) in [5, 5.41) is 0. The van der Waals surface area contributed by atoms with Gasteiger partial charge in [-0.3, -0.25) is 9.59 Å². The maximum Gasteiger partial charge on any atom is 0.310 e. The number of ether oxygens (including phenoxy) is 1. The Bertz CT molecular complexity index is 562. The van der Waals surface area contributed by atoms with Crippen molar-refractivity contribution in [2.24, 2.45) is 41.4 Å². The number of rotatable bonds is 3. The summed E-state index contributed by atoms with van der Waals surface area (Å²) in [5.41, 5.74) is -0.223. The van der Waals surface area contributed by atoms with Gasteiger partial charge in [-0.1, -0.05) is 19.1 Å². The van der Waals surface area contributed by atoms with Crippen LogP contribution in [0.5, 0.6) is 0 Å². The molecule has 0 saturated heterocycles. The van der Waals surface area contributed by atoms with E-state index < -0.39 is 0 Å². The van der Waals surface area contributed by atoms with Crippen molar-refractivity contribution >= 4 is 11.8 Å². The Kier molecular flexibility index (Phi) is 2.91. The third-order valence-corrected chi connectivity index (χ3v) is 7.85. The van der Waals surface area contributed by atoms with E-state index in [1.165, 1.54) is 32.1 Å². The Labute approximate surface area is 137 Å². The molecule has 0 spiro atoms. The summed E-state index contributed by atoms with van der Waals surface area (Å²) < 4.78 is 6.32. The summed E-state index contributed by atoms with van der Waals surface area (Å²) in [6.07, 6.45) is 12.0. The minimum absolute atomic E-state index is 0.0198. The van der Waals surface area contributed by atoms with Gasteiger partial charge in [0, 0.05) is 11.8 Å². The van der Waals surface area contributed by atoms with Gasteiger partial charge >= 0.3 is 5.97 Å². The van der Waals surface area contributed by atoms with Crippen molar-refractivity contribution < 1.29 is 14.3 Å². The number of fused-ring (bicyclic) bond motifs is 2. The summed E-state index contributed by atoms with van der Waals surface area (Å²) in [7, 11) is 0. The van der Waals surface area contributed by atoms with Crippen LogP contribution in [0.15, 0.2) is 12.2 Å². The van der Waals surface area contributed by atoms with Crippen molar-refractivity contribution in [2.75, 3.05) is 0 Å². The number of ketones is 1. The Morgan fingerprint density at radius 2 is 1.74 bits per heavy atom. The van der Waals surface area contributed by atoms with Crippen LogP contribution in [0, 0.1) is 41.4 Å². The number of hydrogen-bond donors (Lipinski definition) is 0. The van der Waals surface area contributed by atoms with Gasteiger partial charge in [0.25, 0.3) is 0 Å². The number of carbonyl (C=O) groups is 2. The van der Waals surface area contributed by atoms with Crippen molar-refractivity contribution in [3.05, 3.63) is 12.2 Å². The van der Waals surface area contributed by atoms with Crippen LogP contribution in [-0.4, -0.2) is 17.4 Å². The molecule has 3 heteroatoms. The Hall–Kier alpha value is -1.12. The molecule has 3 unspecified atom stereocenters. The lowest BCUT2D eigenvalue weighted by Gasteiger charge is -2.60. The molecule has 23 heavy (non-hydrogen) atoms. The maximum atomic E-state index is 12.9. The molecule has 0 amide bonds. The monoisotopic (exact) mass is 314 g/mol. The highest BCUT2D eigenvalue weighted by Crippen LogP contribution is 2.61. The fraction of sp³-hybridized carbons (Fsp3) is 0.800. The van der Waals surface area contributed by atoms with E-state index in [0.717, 1.165) is 18.3 Å². The van der Waals surface area contributed by atoms with E-state index in [9.17, 15) is 9.59 Å². The zero-order valence-electron chi connectivity index (χ0n) is 13.9. The third-order valence-electron chi connectivity index (χ3n) is 7.85. The molecule has 5 saturated carbocycles. The van der Waals surface area contributed by atoms with Crippen LogP contribution >= 0.6 is 0 Å². The molecular weight excluding hydrogens is 288 g/mol. The Balaban J connectivity index is 1.39. The summed E-state index contributed by atoms with van der Waals surface area (Å²) in [5.74, 6) is 2.62. The molecule has 0 aromatic rings. The highest BCUT2D eigenvalue weighted by Gasteiger charge is 2.59. The molecule has 5 fully saturated rings. The predicted octanol–water partition coefficient (Wildman–Crippen LogP) is 3.53. The highest BCUT2D eigenvalue weighted by atomic mass is 16.6. The van der Waals surface area contributed by atoms with Crippen molar-refractivity contribution in [1.82, 2.24) is 0 Å². The van der Waals surface area contributed by atoms with Gasteiger partial charge in [0.05, 0.1) is 5.92 Å². The number of hydrogen-bond acceptors (Lipinski definition) is 3. The van der Waals surface area contributed by atoms with Crippen LogP contribution in [-0.2, 0) is 14.3 Å². The quantitative estimate of drug-likeness (QED) is 0.591. The van der Waals surface area contributed by atoms with Crippen LogP contribution in [0.25, 0.3) is 0 Å². The second-order valence-corrected chi connectivity index (χ2v) is 8.80. The summed E-state index contributed by atoms with van der Waals surface area (Å²) in [6, 6.07) is 0. The summed E-state index contributed by atoms with van der Waals surface area (Å²) in [6.45, 7) is 2.20. The lowest BCUT2D eigenvalue weighted by Crippen LogP contribution is -2.59. The number of allylic oxidation sites excluding steroid dienone is 2. The molecular formula is C20H26O3. The first-order valence-electron chi connectivity index (χ1n) is 9.55. The molecule has 6 bridgehead atoms. The van der Waals surface area contributed by atoms with Crippen molar-refractivity contribution in [2.45, 2.75) is 57.5 Å².